The van der Waals surface area contributed by atoms with Gasteiger partial charge in [0.25, 0.3) is 0 Å². The minimum atomic E-state index is -1.38. The number of piperidine rings is 1. The lowest BCUT2D eigenvalue weighted by atomic mass is 9.76. The largest absolute Gasteiger partial charge is 0.497 e. The van der Waals surface area contributed by atoms with E-state index in [1.54, 1.807) is 14.2 Å². The van der Waals surface area contributed by atoms with Crippen LogP contribution in [0.2, 0.25) is 19.6 Å². The Hall–Kier alpha value is -1.58. The van der Waals surface area contributed by atoms with Gasteiger partial charge in [0, 0.05) is 31.7 Å². The minimum absolute atomic E-state index is 0.0493. The Labute approximate surface area is 196 Å². The molecule has 5 heteroatoms. The van der Waals surface area contributed by atoms with Crippen LogP contribution in [0.25, 0.3) is 0 Å². The molecule has 4 nitrogen and oxygen atoms in total. The molecule has 1 N–H and O–H groups in total. The van der Waals surface area contributed by atoms with E-state index in [0.717, 1.165) is 44.4 Å². The predicted molar refractivity (Wildman–Crippen MR) is 135 cm³/mol. The Balaban J connectivity index is 1.93. The van der Waals surface area contributed by atoms with E-state index in [4.69, 9.17) is 9.47 Å². The van der Waals surface area contributed by atoms with E-state index in [1.807, 2.05) is 12.1 Å². The van der Waals surface area contributed by atoms with Crippen molar-refractivity contribution >= 4 is 8.07 Å². The number of benzene rings is 1. The van der Waals surface area contributed by atoms with E-state index in [0.29, 0.717) is 0 Å². The van der Waals surface area contributed by atoms with Crippen molar-refractivity contribution in [2.24, 2.45) is 0 Å². The van der Waals surface area contributed by atoms with Gasteiger partial charge in [-0.25, -0.2) is 0 Å². The number of allylic oxidation sites excluding steroid dienone is 1. The van der Waals surface area contributed by atoms with Crippen molar-refractivity contribution in [2.75, 3.05) is 20.8 Å². The molecule has 0 amide bonds. The van der Waals surface area contributed by atoms with E-state index in [9.17, 15) is 5.11 Å². The molecule has 1 aromatic carbocycles. The average Bonchev–Trinajstić information content (AvgIpc) is 3.11. The lowest BCUT2D eigenvalue weighted by molar-refractivity contribution is -0.135. The highest BCUT2D eigenvalue weighted by Crippen LogP contribution is 2.47. The molecule has 0 spiro atoms. The molecule has 0 saturated carbocycles. The third kappa shape index (κ3) is 5.66. The van der Waals surface area contributed by atoms with E-state index in [2.05, 4.69) is 62.0 Å². The van der Waals surface area contributed by atoms with Crippen LogP contribution in [0.4, 0.5) is 0 Å². The molecule has 2 heterocycles. The van der Waals surface area contributed by atoms with E-state index < -0.39 is 14.2 Å². The molecule has 2 aliphatic rings. The van der Waals surface area contributed by atoms with Gasteiger partial charge in [-0.2, -0.15) is 0 Å². The van der Waals surface area contributed by atoms with Gasteiger partial charge < -0.3 is 14.6 Å². The van der Waals surface area contributed by atoms with Crippen LogP contribution in [0.15, 0.2) is 35.4 Å². The van der Waals surface area contributed by atoms with Gasteiger partial charge in [-0.15, -0.1) is 11.5 Å². The first kappa shape index (κ1) is 25.0. The first-order valence-corrected chi connectivity index (χ1v) is 15.3. The second-order valence-electron chi connectivity index (χ2n) is 10.8. The molecule has 176 valence electrons. The van der Waals surface area contributed by atoms with E-state index in [1.165, 1.54) is 16.7 Å². The highest BCUT2D eigenvalue weighted by Gasteiger charge is 2.54. The van der Waals surface area contributed by atoms with Crippen LogP contribution in [0.1, 0.15) is 45.1 Å². The first-order valence-electron chi connectivity index (χ1n) is 11.8. The van der Waals surface area contributed by atoms with Crippen molar-refractivity contribution in [2.45, 2.75) is 89.4 Å². The highest BCUT2D eigenvalue weighted by atomic mass is 28.3. The number of fused-ring (bicyclic) bond motifs is 1. The highest BCUT2D eigenvalue weighted by molar-refractivity contribution is 6.83. The molecule has 32 heavy (non-hydrogen) atoms. The summed E-state index contributed by atoms with van der Waals surface area (Å²) < 4.78 is 11.2. The Morgan fingerprint density at radius 2 is 1.88 bits per heavy atom. The molecule has 2 aliphatic heterocycles. The third-order valence-electron chi connectivity index (χ3n) is 7.02. The molecule has 4 unspecified atom stereocenters. The monoisotopic (exact) mass is 455 g/mol. The zero-order chi connectivity index (χ0) is 23.5. The maximum Gasteiger partial charge on any atom is 0.129 e. The lowest BCUT2D eigenvalue weighted by Crippen LogP contribution is -2.64. The minimum Gasteiger partial charge on any atom is -0.497 e. The standard InChI is InChI=1S/C27H41NO3Si/c1-20(2)22-17-27(14-8-9-15-32(5,6)7)18-25(29)26(31-4)24(28(27)19-22)16-21-10-12-23(30-3)13-11-21/h10-13,24-26,29H,8,14,16-19H2,1-7H3. The summed E-state index contributed by atoms with van der Waals surface area (Å²) in [5, 5.41) is 11.2. The summed E-state index contributed by atoms with van der Waals surface area (Å²) in [4.78, 5) is 2.65. The molecule has 4 atom stereocenters. The van der Waals surface area contributed by atoms with Crippen molar-refractivity contribution < 1.29 is 14.6 Å². The molecule has 1 aromatic rings. The number of nitrogens with zero attached hydrogens (tertiary/aromatic N) is 1. The predicted octanol–water partition coefficient (Wildman–Crippen LogP) is 4.83. The zero-order valence-corrected chi connectivity index (χ0v) is 22.0. The topological polar surface area (TPSA) is 41.9 Å². The molecule has 3 rings (SSSR count). The van der Waals surface area contributed by atoms with Gasteiger partial charge in [0.05, 0.1) is 19.3 Å². The van der Waals surface area contributed by atoms with E-state index in [-0.39, 0.29) is 17.7 Å². The molecule has 0 bridgehead atoms. The van der Waals surface area contributed by atoms with Crippen LogP contribution < -0.4 is 4.74 Å². The number of hydrogen-bond donors (Lipinski definition) is 1. The number of rotatable bonds is 6. The molecular weight excluding hydrogens is 414 g/mol. The fourth-order valence-corrected chi connectivity index (χ4v) is 6.02. The number of aliphatic hydroxyl groups excluding tert-OH is 1. The van der Waals surface area contributed by atoms with Gasteiger partial charge >= 0.3 is 0 Å². The molecule has 0 aliphatic carbocycles. The molecule has 2 fully saturated rings. The fraction of sp³-hybridized carbons (Fsp3) is 0.630. The Morgan fingerprint density at radius 1 is 1.19 bits per heavy atom. The van der Waals surface area contributed by atoms with Crippen molar-refractivity contribution in [3.05, 3.63) is 41.0 Å². The second kappa shape index (κ2) is 10.1. The van der Waals surface area contributed by atoms with E-state index >= 15 is 0 Å². The fourth-order valence-electron chi connectivity index (χ4n) is 5.36. The first-order chi connectivity index (χ1) is 15.1. The van der Waals surface area contributed by atoms with Gasteiger partial charge in [-0.1, -0.05) is 42.9 Å². The van der Waals surface area contributed by atoms with Crippen LogP contribution in [0.3, 0.4) is 0 Å². The van der Waals surface area contributed by atoms with Gasteiger partial charge in [-0.05, 0) is 57.2 Å². The third-order valence-corrected chi connectivity index (χ3v) is 7.95. The van der Waals surface area contributed by atoms with Crippen LogP contribution in [0.5, 0.6) is 5.75 Å². The Kier molecular flexibility index (Phi) is 7.93. The number of aliphatic hydroxyl groups is 1. The van der Waals surface area contributed by atoms with Gasteiger partial charge in [0.1, 0.15) is 13.8 Å². The summed E-state index contributed by atoms with van der Waals surface area (Å²) in [6, 6.07) is 8.42. The summed E-state index contributed by atoms with van der Waals surface area (Å²) in [5.41, 5.74) is 7.62. The number of hydrogen-bond acceptors (Lipinski definition) is 4. The zero-order valence-electron chi connectivity index (χ0n) is 21.0. The SMILES string of the molecule is COc1ccc(CC2C(OC)C(O)CC3(CCC#C[Si](C)(C)C)CC(=C(C)C)CN23)cc1. The van der Waals surface area contributed by atoms with Crippen LogP contribution in [-0.2, 0) is 11.2 Å². The van der Waals surface area contributed by atoms with Crippen LogP contribution in [0, 0.1) is 11.5 Å². The van der Waals surface area contributed by atoms with Gasteiger partial charge in [-0.3, -0.25) is 4.90 Å². The van der Waals surface area contributed by atoms with Crippen LogP contribution >= 0.6 is 0 Å². The van der Waals surface area contributed by atoms with Crippen molar-refractivity contribution in [3.63, 3.8) is 0 Å². The normalized spacial score (nSPS) is 28.1. The van der Waals surface area contributed by atoms with Crippen LogP contribution in [-0.4, -0.2) is 62.6 Å². The number of ether oxygens (including phenoxy) is 2. The maximum atomic E-state index is 11.2. The smallest absolute Gasteiger partial charge is 0.129 e. The molecule has 0 radical (unpaired) electrons. The average molecular weight is 456 g/mol. The molecule has 0 aromatic heterocycles. The molecule has 2 saturated heterocycles. The van der Waals surface area contributed by atoms with Crippen molar-refractivity contribution in [3.8, 4) is 17.2 Å². The Bertz CT molecular complexity index is 873. The Morgan fingerprint density at radius 3 is 2.44 bits per heavy atom. The van der Waals surface area contributed by atoms with Crippen molar-refractivity contribution in [1.82, 2.24) is 4.90 Å². The molecular formula is C27H41NO3Si. The van der Waals surface area contributed by atoms with Crippen molar-refractivity contribution in [1.29, 1.82) is 0 Å². The summed E-state index contributed by atoms with van der Waals surface area (Å²) in [6.07, 6.45) is 3.82. The summed E-state index contributed by atoms with van der Waals surface area (Å²) in [7, 11) is 2.05. The lowest BCUT2D eigenvalue weighted by Gasteiger charge is -2.52. The summed E-state index contributed by atoms with van der Waals surface area (Å²) >= 11 is 0. The second-order valence-corrected chi connectivity index (χ2v) is 15.5. The summed E-state index contributed by atoms with van der Waals surface area (Å²) in [5.74, 6) is 4.35. The quantitative estimate of drug-likeness (QED) is 0.379. The summed E-state index contributed by atoms with van der Waals surface area (Å²) in [6.45, 7) is 12.3. The maximum absolute atomic E-state index is 11.2. The van der Waals surface area contributed by atoms with Gasteiger partial charge in [0.2, 0.25) is 0 Å². The number of methoxy groups -OCH3 is 2. The van der Waals surface area contributed by atoms with Gasteiger partial charge in [0.15, 0.2) is 0 Å².